The Bertz CT molecular complexity index is 690. The quantitative estimate of drug-likeness (QED) is 0.785. The molecule has 2 atom stereocenters. The molecule has 3 rings (SSSR count). The zero-order valence-corrected chi connectivity index (χ0v) is 14.5. The summed E-state index contributed by atoms with van der Waals surface area (Å²) in [7, 11) is 0. The topological polar surface area (TPSA) is 45.2 Å². The Kier molecular flexibility index (Phi) is 5.76. The molecule has 25 heavy (non-hydrogen) atoms. The van der Waals surface area contributed by atoms with E-state index in [9.17, 15) is 9.18 Å². The Labute approximate surface area is 148 Å². The minimum atomic E-state index is -0.250. The Balaban J connectivity index is 1.55. The highest BCUT2D eigenvalue weighted by atomic mass is 19.1. The van der Waals surface area contributed by atoms with E-state index in [4.69, 9.17) is 0 Å². The Morgan fingerprint density at radius 3 is 2.84 bits per heavy atom. The van der Waals surface area contributed by atoms with Gasteiger partial charge in [0.1, 0.15) is 5.82 Å². The second kappa shape index (κ2) is 8.21. The van der Waals surface area contributed by atoms with E-state index in [1.54, 1.807) is 18.3 Å². The molecule has 1 N–H and O–H groups in total. The van der Waals surface area contributed by atoms with E-state index >= 15 is 0 Å². The highest BCUT2D eigenvalue weighted by molar-refractivity contribution is 5.79. The fraction of sp³-hybridized carbons (Fsp3) is 0.400. The van der Waals surface area contributed by atoms with Crippen LogP contribution in [0.4, 0.5) is 4.39 Å². The van der Waals surface area contributed by atoms with Gasteiger partial charge in [-0.1, -0.05) is 18.2 Å². The normalized spacial score (nSPS) is 18.6. The van der Waals surface area contributed by atoms with Crippen molar-refractivity contribution >= 4 is 5.91 Å². The number of rotatable bonds is 7. The van der Waals surface area contributed by atoms with Crippen molar-refractivity contribution in [1.82, 2.24) is 15.2 Å². The first kappa shape index (κ1) is 17.5. The summed E-state index contributed by atoms with van der Waals surface area (Å²) in [6, 6.07) is 10.6. The first-order chi connectivity index (χ1) is 12.1. The standard InChI is InChI=1S/C20H24FN3O/c1-15(17-4-6-18(21)7-5-17)24-19(8-9-20(24)25)10-12-23-14-16-3-2-11-22-13-16/h2-7,11,13,15,19,23H,8-10,12,14H2,1H3/t15-,19+/m0/s1. The molecule has 0 unspecified atom stereocenters. The molecule has 0 radical (unpaired) electrons. The van der Waals surface area contributed by atoms with E-state index in [-0.39, 0.29) is 23.8 Å². The van der Waals surface area contributed by atoms with E-state index in [0.29, 0.717) is 6.42 Å². The summed E-state index contributed by atoms with van der Waals surface area (Å²) in [6.07, 6.45) is 6.02. The van der Waals surface area contributed by atoms with E-state index < -0.39 is 0 Å². The van der Waals surface area contributed by atoms with Crippen LogP contribution in [-0.4, -0.2) is 28.4 Å². The summed E-state index contributed by atoms with van der Waals surface area (Å²) in [4.78, 5) is 18.4. The molecule has 5 heteroatoms. The van der Waals surface area contributed by atoms with Crippen molar-refractivity contribution < 1.29 is 9.18 Å². The van der Waals surface area contributed by atoms with Crippen LogP contribution in [-0.2, 0) is 11.3 Å². The highest BCUT2D eigenvalue weighted by Gasteiger charge is 2.34. The summed E-state index contributed by atoms with van der Waals surface area (Å²) in [5.41, 5.74) is 2.13. The number of halogens is 1. The predicted molar refractivity (Wildman–Crippen MR) is 95.2 cm³/mol. The Morgan fingerprint density at radius 1 is 1.32 bits per heavy atom. The van der Waals surface area contributed by atoms with Crippen LogP contribution in [0.3, 0.4) is 0 Å². The summed E-state index contributed by atoms with van der Waals surface area (Å²) in [5.74, 6) is -0.0612. The van der Waals surface area contributed by atoms with Gasteiger partial charge in [-0.2, -0.15) is 0 Å². The number of hydrogen-bond acceptors (Lipinski definition) is 3. The van der Waals surface area contributed by atoms with Crippen LogP contribution in [0.25, 0.3) is 0 Å². The lowest BCUT2D eigenvalue weighted by Gasteiger charge is -2.31. The molecule has 132 valence electrons. The molecular weight excluding hydrogens is 317 g/mol. The zero-order chi connectivity index (χ0) is 17.6. The first-order valence-corrected chi connectivity index (χ1v) is 8.81. The van der Waals surface area contributed by atoms with E-state index in [1.165, 1.54) is 12.1 Å². The number of amides is 1. The summed E-state index contributed by atoms with van der Waals surface area (Å²) in [6.45, 7) is 3.65. The number of benzene rings is 1. The van der Waals surface area contributed by atoms with Gasteiger partial charge in [-0.05, 0) is 55.6 Å². The number of nitrogens with zero attached hydrogens (tertiary/aromatic N) is 2. The molecule has 0 spiro atoms. The number of likely N-dealkylation sites (tertiary alicyclic amines) is 1. The molecule has 1 fully saturated rings. The minimum Gasteiger partial charge on any atom is -0.333 e. The van der Waals surface area contributed by atoms with Crippen LogP contribution < -0.4 is 5.32 Å². The molecule has 1 aromatic carbocycles. The Morgan fingerprint density at radius 2 is 2.12 bits per heavy atom. The smallest absolute Gasteiger partial charge is 0.223 e. The van der Waals surface area contributed by atoms with E-state index in [2.05, 4.69) is 10.3 Å². The largest absolute Gasteiger partial charge is 0.333 e. The van der Waals surface area contributed by atoms with Gasteiger partial charge in [0.15, 0.2) is 0 Å². The monoisotopic (exact) mass is 341 g/mol. The lowest BCUT2D eigenvalue weighted by Crippen LogP contribution is -2.37. The lowest BCUT2D eigenvalue weighted by molar-refractivity contribution is -0.131. The molecule has 1 aliphatic rings. The number of carbonyl (C=O) groups excluding carboxylic acids is 1. The molecule has 1 saturated heterocycles. The molecule has 1 aromatic heterocycles. The van der Waals surface area contributed by atoms with Crippen molar-refractivity contribution in [3.8, 4) is 0 Å². The zero-order valence-electron chi connectivity index (χ0n) is 14.5. The molecule has 4 nitrogen and oxygen atoms in total. The lowest BCUT2D eigenvalue weighted by atomic mass is 10.0. The fourth-order valence-electron chi connectivity index (χ4n) is 3.48. The van der Waals surface area contributed by atoms with Crippen LogP contribution in [0.2, 0.25) is 0 Å². The minimum absolute atomic E-state index is 0.0288. The molecule has 2 heterocycles. The van der Waals surface area contributed by atoms with Gasteiger partial charge in [-0.25, -0.2) is 4.39 Å². The second-order valence-corrected chi connectivity index (χ2v) is 6.55. The van der Waals surface area contributed by atoms with Gasteiger partial charge in [0, 0.05) is 31.4 Å². The van der Waals surface area contributed by atoms with Gasteiger partial charge >= 0.3 is 0 Å². The van der Waals surface area contributed by atoms with Crippen molar-refractivity contribution in [1.29, 1.82) is 0 Å². The number of carbonyl (C=O) groups is 1. The second-order valence-electron chi connectivity index (χ2n) is 6.55. The average molecular weight is 341 g/mol. The van der Waals surface area contributed by atoms with Gasteiger partial charge in [0.05, 0.1) is 6.04 Å². The molecule has 0 bridgehead atoms. The molecule has 0 saturated carbocycles. The predicted octanol–water partition coefficient (Wildman–Crippen LogP) is 3.45. The van der Waals surface area contributed by atoms with Gasteiger partial charge in [-0.3, -0.25) is 9.78 Å². The van der Waals surface area contributed by atoms with Crippen LogP contribution >= 0.6 is 0 Å². The number of pyridine rings is 1. The van der Waals surface area contributed by atoms with Gasteiger partial charge < -0.3 is 10.2 Å². The molecule has 1 amide bonds. The van der Waals surface area contributed by atoms with Crippen molar-refractivity contribution in [2.45, 2.75) is 44.8 Å². The third-order valence-electron chi connectivity index (χ3n) is 4.85. The van der Waals surface area contributed by atoms with Crippen LogP contribution in [0.15, 0.2) is 48.8 Å². The van der Waals surface area contributed by atoms with Gasteiger partial charge in [0.2, 0.25) is 5.91 Å². The maximum atomic E-state index is 13.1. The summed E-state index contributed by atoms with van der Waals surface area (Å²) >= 11 is 0. The molecule has 2 aromatic rings. The van der Waals surface area contributed by atoms with Gasteiger partial charge in [0.25, 0.3) is 0 Å². The number of aromatic nitrogens is 1. The van der Waals surface area contributed by atoms with Crippen LogP contribution in [0.1, 0.15) is 43.4 Å². The van der Waals surface area contributed by atoms with Crippen molar-refractivity contribution in [2.24, 2.45) is 0 Å². The van der Waals surface area contributed by atoms with Crippen molar-refractivity contribution in [3.63, 3.8) is 0 Å². The first-order valence-electron chi connectivity index (χ1n) is 8.81. The van der Waals surface area contributed by atoms with Crippen LogP contribution in [0.5, 0.6) is 0 Å². The van der Waals surface area contributed by atoms with Crippen LogP contribution in [0, 0.1) is 5.82 Å². The van der Waals surface area contributed by atoms with Crippen molar-refractivity contribution in [3.05, 3.63) is 65.7 Å². The van der Waals surface area contributed by atoms with E-state index in [0.717, 1.165) is 37.1 Å². The number of nitrogens with one attached hydrogen (secondary N) is 1. The molecular formula is C20H24FN3O. The third-order valence-corrected chi connectivity index (χ3v) is 4.85. The SMILES string of the molecule is C[C@@H](c1ccc(F)cc1)N1C(=O)CC[C@@H]1CCNCc1cccnc1. The van der Waals surface area contributed by atoms with Crippen molar-refractivity contribution in [2.75, 3.05) is 6.54 Å². The summed E-state index contributed by atoms with van der Waals surface area (Å²) < 4.78 is 13.1. The number of hydrogen-bond donors (Lipinski definition) is 1. The third kappa shape index (κ3) is 4.42. The Hall–Kier alpha value is -2.27. The highest BCUT2D eigenvalue weighted by Crippen LogP contribution is 2.31. The van der Waals surface area contributed by atoms with Gasteiger partial charge in [-0.15, -0.1) is 0 Å². The molecule has 1 aliphatic heterocycles. The van der Waals surface area contributed by atoms with E-state index in [1.807, 2.05) is 30.2 Å². The molecule has 0 aliphatic carbocycles. The maximum absolute atomic E-state index is 13.1. The maximum Gasteiger partial charge on any atom is 0.223 e. The fourth-order valence-corrected chi connectivity index (χ4v) is 3.48. The summed E-state index contributed by atoms with van der Waals surface area (Å²) in [5, 5.41) is 3.42. The average Bonchev–Trinajstić information content (AvgIpc) is 3.00.